The molecule has 2 aromatic carbocycles. The lowest BCUT2D eigenvalue weighted by Gasteiger charge is -2.06. The SMILES string of the molecule is O=C1Nc2ccccc2C1C=Nc1ccc(NCc2cccnc2)cc1. The maximum atomic E-state index is 12.1. The summed E-state index contributed by atoms with van der Waals surface area (Å²) in [6.45, 7) is 0.718. The number of pyridine rings is 1. The van der Waals surface area contributed by atoms with Gasteiger partial charge in [0.2, 0.25) is 5.91 Å². The van der Waals surface area contributed by atoms with E-state index in [-0.39, 0.29) is 11.8 Å². The number of rotatable bonds is 5. The van der Waals surface area contributed by atoms with Crippen LogP contribution in [0.3, 0.4) is 0 Å². The number of amides is 1. The van der Waals surface area contributed by atoms with Crippen LogP contribution in [0.25, 0.3) is 0 Å². The summed E-state index contributed by atoms with van der Waals surface area (Å²) in [4.78, 5) is 20.7. The van der Waals surface area contributed by atoms with Crippen molar-refractivity contribution in [3.8, 4) is 0 Å². The van der Waals surface area contributed by atoms with Crippen molar-refractivity contribution in [2.24, 2.45) is 4.99 Å². The van der Waals surface area contributed by atoms with Crippen LogP contribution in [-0.4, -0.2) is 17.1 Å². The van der Waals surface area contributed by atoms with E-state index in [1.54, 1.807) is 12.4 Å². The number of fused-ring (bicyclic) bond motifs is 1. The number of carbonyl (C=O) groups excluding carboxylic acids is 1. The van der Waals surface area contributed by atoms with Crippen LogP contribution in [0, 0.1) is 0 Å². The second-order valence-electron chi connectivity index (χ2n) is 6.09. The zero-order valence-corrected chi connectivity index (χ0v) is 14.1. The van der Waals surface area contributed by atoms with E-state index >= 15 is 0 Å². The summed E-state index contributed by atoms with van der Waals surface area (Å²) >= 11 is 0. The maximum absolute atomic E-state index is 12.1. The summed E-state index contributed by atoms with van der Waals surface area (Å²) < 4.78 is 0. The number of aromatic nitrogens is 1. The molecular formula is C21H18N4O. The van der Waals surface area contributed by atoms with E-state index in [1.165, 1.54) is 0 Å². The molecule has 0 saturated carbocycles. The van der Waals surface area contributed by atoms with Crippen LogP contribution in [0.5, 0.6) is 0 Å². The van der Waals surface area contributed by atoms with Crippen LogP contribution in [-0.2, 0) is 11.3 Å². The second kappa shape index (κ2) is 7.19. The Bertz CT molecular complexity index is 936. The number of hydrogen-bond donors (Lipinski definition) is 2. The standard InChI is InChI=1S/C21H18N4O/c26-21-19(18-5-1-2-6-20(18)25-21)14-24-17-9-7-16(8-10-17)23-13-15-4-3-11-22-12-15/h1-12,14,19,23H,13H2,(H,25,26). The molecule has 0 bridgehead atoms. The van der Waals surface area contributed by atoms with E-state index < -0.39 is 0 Å². The Labute approximate surface area is 151 Å². The molecule has 1 amide bonds. The van der Waals surface area contributed by atoms with Gasteiger partial charge in [0, 0.05) is 36.5 Å². The molecule has 4 rings (SSSR count). The largest absolute Gasteiger partial charge is 0.381 e. The van der Waals surface area contributed by atoms with E-state index in [9.17, 15) is 4.79 Å². The van der Waals surface area contributed by atoms with E-state index in [0.717, 1.165) is 34.7 Å². The fourth-order valence-electron chi connectivity index (χ4n) is 2.91. The lowest BCUT2D eigenvalue weighted by atomic mass is 10.0. The van der Waals surface area contributed by atoms with Crippen molar-refractivity contribution < 1.29 is 4.79 Å². The van der Waals surface area contributed by atoms with Gasteiger partial charge in [-0.25, -0.2) is 0 Å². The first kappa shape index (κ1) is 16.0. The lowest BCUT2D eigenvalue weighted by molar-refractivity contribution is -0.115. The minimum atomic E-state index is -0.338. The van der Waals surface area contributed by atoms with Gasteiger partial charge in [0.05, 0.1) is 5.69 Å². The van der Waals surface area contributed by atoms with Gasteiger partial charge in [-0.05, 0) is 47.5 Å². The van der Waals surface area contributed by atoms with Gasteiger partial charge in [-0.15, -0.1) is 0 Å². The maximum Gasteiger partial charge on any atom is 0.237 e. The predicted molar refractivity (Wildman–Crippen MR) is 104 cm³/mol. The fraction of sp³-hybridized carbons (Fsp3) is 0.0952. The average Bonchev–Trinajstić information content (AvgIpc) is 3.01. The van der Waals surface area contributed by atoms with Crippen LogP contribution in [0.2, 0.25) is 0 Å². The Morgan fingerprint density at radius 2 is 1.92 bits per heavy atom. The molecule has 26 heavy (non-hydrogen) atoms. The third kappa shape index (κ3) is 3.47. The van der Waals surface area contributed by atoms with Gasteiger partial charge in [0.15, 0.2) is 0 Å². The van der Waals surface area contributed by atoms with Gasteiger partial charge in [-0.2, -0.15) is 0 Å². The van der Waals surface area contributed by atoms with Gasteiger partial charge in [0.25, 0.3) is 0 Å². The number of aliphatic imine (C=N–C) groups is 1. The number of carbonyl (C=O) groups is 1. The molecular weight excluding hydrogens is 324 g/mol. The molecule has 2 heterocycles. The van der Waals surface area contributed by atoms with Gasteiger partial charge in [-0.3, -0.25) is 14.8 Å². The number of para-hydroxylation sites is 1. The third-order valence-corrected chi connectivity index (χ3v) is 4.30. The van der Waals surface area contributed by atoms with Crippen LogP contribution >= 0.6 is 0 Å². The van der Waals surface area contributed by atoms with E-state index in [1.807, 2.05) is 66.9 Å². The van der Waals surface area contributed by atoms with Crippen LogP contribution in [0.15, 0.2) is 78.0 Å². The summed E-state index contributed by atoms with van der Waals surface area (Å²) in [7, 11) is 0. The fourth-order valence-corrected chi connectivity index (χ4v) is 2.91. The van der Waals surface area contributed by atoms with E-state index in [4.69, 9.17) is 0 Å². The molecule has 3 aromatic rings. The van der Waals surface area contributed by atoms with Crippen LogP contribution in [0.1, 0.15) is 17.0 Å². The van der Waals surface area contributed by atoms with Crippen molar-refractivity contribution in [2.75, 3.05) is 10.6 Å². The molecule has 1 aromatic heterocycles. The summed E-state index contributed by atoms with van der Waals surface area (Å²) in [5.41, 5.74) is 4.78. The number of anilines is 2. The Morgan fingerprint density at radius 3 is 2.73 bits per heavy atom. The highest BCUT2D eigenvalue weighted by molar-refractivity contribution is 6.12. The van der Waals surface area contributed by atoms with Crippen LogP contribution in [0.4, 0.5) is 17.1 Å². The Kier molecular flexibility index (Phi) is 4.43. The molecule has 1 unspecified atom stereocenters. The highest BCUT2D eigenvalue weighted by Crippen LogP contribution is 2.31. The van der Waals surface area contributed by atoms with Crippen molar-refractivity contribution in [1.82, 2.24) is 4.98 Å². The predicted octanol–water partition coefficient (Wildman–Crippen LogP) is 4.13. The summed E-state index contributed by atoms with van der Waals surface area (Å²) in [6, 6.07) is 19.5. The Hall–Kier alpha value is -3.47. The molecule has 0 aliphatic carbocycles. The van der Waals surface area contributed by atoms with Crippen molar-refractivity contribution in [2.45, 2.75) is 12.5 Å². The minimum Gasteiger partial charge on any atom is -0.381 e. The normalized spacial score (nSPS) is 15.7. The molecule has 128 valence electrons. The first-order valence-corrected chi connectivity index (χ1v) is 8.46. The van der Waals surface area contributed by atoms with Crippen molar-refractivity contribution in [3.05, 3.63) is 84.2 Å². The number of nitrogens with one attached hydrogen (secondary N) is 2. The molecule has 0 spiro atoms. The monoisotopic (exact) mass is 342 g/mol. The van der Waals surface area contributed by atoms with Gasteiger partial charge in [-0.1, -0.05) is 24.3 Å². The summed E-state index contributed by atoms with van der Waals surface area (Å²) in [5.74, 6) is -0.376. The van der Waals surface area contributed by atoms with Crippen molar-refractivity contribution in [1.29, 1.82) is 0 Å². The molecule has 5 nitrogen and oxygen atoms in total. The molecule has 1 aliphatic rings. The molecule has 2 N–H and O–H groups in total. The molecule has 1 aliphatic heterocycles. The lowest BCUT2D eigenvalue weighted by Crippen LogP contribution is -2.12. The quantitative estimate of drug-likeness (QED) is 0.685. The number of nitrogens with zero attached hydrogens (tertiary/aromatic N) is 2. The Morgan fingerprint density at radius 1 is 1.08 bits per heavy atom. The molecule has 0 saturated heterocycles. The van der Waals surface area contributed by atoms with Gasteiger partial charge in [0.1, 0.15) is 5.92 Å². The number of benzene rings is 2. The summed E-state index contributed by atoms with van der Waals surface area (Å²) in [5, 5.41) is 6.23. The second-order valence-corrected chi connectivity index (χ2v) is 6.09. The van der Waals surface area contributed by atoms with Crippen LogP contribution < -0.4 is 10.6 Å². The van der Waals surface area contributed by atoms with E-state index in [0.29, 0.717) is 0 Å². The molecule has 1 atom stereocenters. The first-order valence-electron chi connectivity index (χ1n) is 8.46. The van der Waals surface area contributed by atoms with E-state index in [2.05, 4.69) is 20.6 Å². The molecule has 0 fully saturated rings. The third-order valence-electron chi connectivity index (χ3n) is 4.30. The van der Waals surface area contributed by atoms with Crippen molar-refractivity contribution >= 4 is 29.2 Å². The van der Waals surface area contributed by atoms with Crippen molar-refractivity contribution in [3.63, 3.8) is 0 Å². The number of hydrogen-bond acceptors (Lipinski definition) is 4. The topological polar surface area (TPSA) is 66.4 Å². The highest BCUT2D eigenvalue weighted by atomic mass is 16.2. The zero-order chi connectivity index (χ0) is 17.8. The molecule has 0 radical (unpaired) electrons. The average molecular weight is 342 g/mol. The summed E-state index contributed by atoms with van der Waals surface area (Å²) in [6.07, 6.45) is 5.31. The molecule has 5 heteroatoms. The smallest absolute Gasteiger partial charge is 0.237 e. The minimum absolute atomic E-state index is 0.0373. The zero-order valence-electron chi connectivity index (χ0n) is 14.1. The first-order chi connectivity index (χ1) is 12.8. The Balaban J connectivity index is 1.41. The van der Waals surface area contributed by atoms with Gasteiger partial charge >= 0.3 is 0 Å². The highest BCUT2D eigenvalue weighted by Gasteiger charge is 2.28. The van der Waals surface area contributed by atoms with Gasteiger partial charge < -0.3 is 10.6 Å².